The molecule has 5 nitrogen and oxygen atoms in total. The molecule has 2 aromatic rings. The summed E-state index contributed by atoms with van der Waals surface area (Å²) in [5, 5.41) is 11.5. The molecule has 1 saturated heterocycles. The number of H-pyrrole nitrogens is 1. The first-order valence-electron chi connectivity index (χ1n) is 5.70. The standard InChI is InChI=1S/C11H15N5S/c1-7-5-17-6-9(7)10-13-11(15-14-10)16-3-2-8(12)4-16/h5-6,8H,2-4,12H2,1H3,(H,13,14,15). The average molecular weight is 249 g/mol. The Morgan fingerprint density at radius 3 is 3.06 bits per heavy atom. The van der Waals surface area contributed by atoms with Gasteiger partial charge in [-0.15, -0.1) is 5.10 Å². The van der Waals surface area contributed by atoms with Gasteiger partial charge in [0, 0.05) is 30.1 Å². The molecule has 0 spiro atoms. The van der Waals surface area contributed by atoms with Gasteiger partial charge in [0.2, 0.25) is 5.95 Å². The van der Waals surface area contributed by atoms with Crippen LogP contribution >= 0.6 is 11.3 Å². The van der Waals surface area contributed by atoms with Crippen LogP contribution in [-0.2, 0) is 0 Å². The predicted molar refractivity (Wildman–Crippen MR) is 69.2 cm³/mol. The summed E-state index contributed by atoms with van der Waals surface area (Å²) in [4.78, 5) is 6.67. The van der Waals surface area contributed by atoms with Gasteiger partial charge >= 0.3 is 0 Å². The third-order valence-electron chi connectivity index (χ3n) is 3.09. The van der Waals surface area contributed by atoms with Gasteiger partial charge in [0.05, 0.1) is 0 Å². The lowest BCUT2D eigenvalue weighted by atomic mass is 10.2. The second-order valence-corrected chi connectivity index (χ2v) is 5.19. The van der Waals surface area contributed by atoms with Crippen LogP contribution in [0.3, 0.4) is 0 Å². The van der Waals surface area contributed by atoms with Crippen LogP contribution in [0.5, 0.6) is 0 Å². The molecule has 1 atom stereocenters. The van der Waals surface area contributed by atoms with E-state index in [0.29, 0.717) is 0 Å². The van der Waals surface area contributed by atoms with E-state index < -0.39 is 0 Å². The highest BCUT2D eigenvalue weighted by Gasteiger charge is 2.22. The molecule has 0 aromatic carbocycles. The summed E-state index contributed by atoms with van der Waals surface area (Å²) in [7, 11) is 0. The minimum Gasteiger partial charge on any atom is -0.338 e. The van der Waals surface area contributed by atoms with Gasteiger partial charge in [0.25, 0.3) is 0 Å². The Labute approximate surface area is 104 Å². The third-order valence-corrected chi connectivity index (χ3v) is 3.95. The van der Waals surface area contributed by atoms with E-state index in [-0.39, 0.29) is 6.04 Å². The number of thiophene rings is 1. The highest BCUT2D eigenvalue weighted by Crippen LogP contribution is 2.25. The molecule has 1 unspecified atom stereocenters. The van der Waals surface area contributed by atoms with Crippen LogP contribution in [0.2, 0.25) is 0 Å². The number of nitrogens with one attached hydrogen (secondary N) is 1. The third kappa shape index (κ3) is 1.94. The van der Waals surface area contributed by atoms with E-state index in [4.69, 9.17) is 5.73 Å². The van der Waals surface area contributed by atoms with Crippen LogP contribution in [0.25, 0.3) is 11.4 Å². The zero-order chi connectivity index (χ0) is 11.8. The van der Waals surface area contributed by atoms with Crippen molar-refractivity contribution in [1.29, 1.82) is 0 Å². The number of aryl methyl sites for hydroxylation is 1. The lowest BCUT2D eigenvalue weighted by molar-refractivity contribution is 0.750. The number of nitrogens with two attached hydrogens (primary N) is 1. The second kappa shape index (κ2) is 4.12. The van der Waals surface area contributed by atoms with Gasteiger partial charge in [0.1, 0.15) is 0 Å². The molecule has 1 fully saturated rings. The van der Waals surface area contributed by atoms with E-state index in [1.54, 1.807) is 11.3 Å². The first kappa shape index (κ1) is 10.7. The Kier molecular flexibility index (Phi) is 2.60. The van der Waals surface area contributed by atoms with E-state index in [0.717, 1.165) is 36.8 Å². The maximum atomic E-state index is 5.88. The fraction of sp³-hybridized carbons (Fsp3) is 0.455. The maximum Gasteiger partial charge on any atom is 0.245 e. The predicted octanol–water partition coefficient (Wildman–Crippen LogP) is 1.38. The van der Waals surface area contributed by atoms with Crippen molar-refractivity contribution >= 4 is 17.3 Å². The van der Waals surface area contributed by atoms with E-state index in [9.17, 15) is 0 Å². The maximum absolute atomic E-state index is 5.88. The topological polar surface area (TPSA) is 70.8 Å². The van der Waals surface area contributed by atoms with Gasteiger partial charge in [-0.1, -0.05) is 0 Å². The molecule has 0 saturated carbocycles. The van der Waals surface area contributed by atoms with Crippen molar-refractivity contribution in [1.82, 2.24) is 15.2 Å². The Hall–Kier alpha value is -1.40. The smallest absolute Gasteiger partial charge is 0.245 e. The van der Waals surface area contributed by atoms with Crippen molar-refractivity contribution < 1.29 is 0 Å². The number of hydrogen-bond donors (Lipinski definition) is 2. The summed E-state index contributed by atoms with van der Waals surface area (Å²) in [6.45, 7) is 3.88. The van der Waals surface area contributed by atoms with Crippen molar-refractivity contribution in [2.75, 3.05) is 18.0 Å². The molecule has 3 heterocycles. The lowest BCUT2D eigenvalue weighted by Gasteiger charge is -2.11. The van der Waals surface area contributed by atoms with Gasteiger partial charge in [-0.3, -0.25) is 5.10 Å². The minimum atomic E-state index is 0.250. The molecule has 17 heavy (non-hydrogen) atoms. The fourth-order valence-corrected chi connectivity index (χ4v) is 2.92. The van der Waals surface area contributed by atoms with Crippen molar-refractivity contribution in [2.24, 2.45) is 5.73 Å². The number of anilines is 1. The number of aromatic nitrogens is 3. The van der Waals surface area contributed by atoms with Crippen LogP contribution in [0.4, 0.5) is 5.95 Å². The summed E-state index contributed by atoms with van der Waals surface area (Å²) < 4.78 is 0. The fourth-order valence-electron chi connectivity index (χ4n) is 2.09. The van der Waals surface area contributed by atoms with Crippen LogP contribution in [0.15, 0.2) is 10.8 Å². The van der Waals surface area contributed by atoms with E-state index in [2.05, 4.69) is 37.8 Å². The van der Waals surface area contributed by atoms with Crippen LogP contribution in [0.1, 0.15) is 12.0 Å². The summed E-state index contributed by atoms with van der Waals surface area (Å²) in [6.07, 6.45) is 1.02. The molecule has 3 rings (SSSR count). The van der Waals surface area contributed by atoms with E-state index in [1.807, 2.05) is 0 Å². The first-order chi connectivity index (χ1) is 8.24. The van der Waals surface area contributed by atoms with Gasteiger partial charge in [-0.05, 0) is 24.3 Å². The Morgan fingerprint density at radius 1 is 1.53 bits per heavy atom. The molecule has 0 amide bonds. The molecule has 0 aliphatic carbocycles. The molecule has 0 radical (unpaired) electrons. The molecular weight excluding hydrogens is 234 g/mol. The molecule has 2 aromatic heterocycles. The average Bonchev–Trinajstić information content (AvgIpc) is 2.97. The SMILES string of the molecule is Cc1cscc1-c1nc(N2CCC(N)C2)n[nH]1. The molecule has 1 aliphatic rings. The van der Waals surface area contributed by atoms with E-state index >= 15 is 0 Å². The summed E-state index contributed by atoms with van der Waals surface area (Å²) in [6, 6.07) is 0.250. The molecule has 90 valence electrons. The molecule has 6 heteroatoms. The van der Waals surface area contributed by atoms with Gasteiger partial charge in [-0.25, -0.2) is 0 Å². The number of nitrogens with zero attached hydrogens (tertiary/aromatic N) is 3. The number of aromatic amines is 1. The summed E-state index contributed by atoms with van der Waals surface area (Å²) >= 11 is 1.68. The summed E-state index contributed by atoms with van der Waals surface area (Å²) in [5.41, 5.74) is 8.25. The molecule has 0 bridgehead atoms. The van der Waals surface area contributed by atoms with Crippen molar-refractivity contribution in [3.05, 3.63) is 16.3 Å². The summed E-state index contributed by atoms with van der Waals surface area (Å²) in [5.74, 6) is 1.61. The highest BCUT2D eigenvalue weighted by molar-refractivity contribution is 7.08. The second-order valence-electron chi connectivity index (χ2n) is 4.45. The Bertz CT molecular complexity index is 517. The normalized spacial score (nSPS) is 20.1. The van der Waals surface area contributed by atoms with Crippen molar-refractivity contribution in [3.63, 3.8) is 0 Å². The van der Waals surface area contributed by atoms with E-state index in [1.165, 1.54) is 5.56 Å². The first-order valence-corrected chi connectivity index (χ1v) is 6.64. The number of hydrogen-bond acceptors (Lipinski definition) is 5. The quantitative estimate of drug-likeness (QED) is 0.843. The Morgan fingerprint density at radius 2 is 2.41 bits per heavy atom. The van der Waals surface area contributed by atoms with Crippen LogP contribution < -0.4 is 10.6 Å². The van der Waals surface area contributed by atoms with Crippen molar-refractivity contribution in [3.8, 4) is 11.4 Å². The minimum absolute atomic E-state index is 0.250. The zero-order valence-corrected chi connectivity index (χ0v) is 10.5. The number of rotatable bonds is 2. The Balaban J connectivity index is 1.86. The van der Waals surface area contributed by atoms with Crippen molar-refractivity contribution in [2.45, 2.75) is 19.4 Å². The largest absolute Gasteiger partial charge is 0.338 e. The molecule has 1 aliphatic heterocycles. The van der Waals surface area contributed by atoms with Crippen LogP contribution in [-0.4, -0.2) is 34.3 Å². The monoisotopic (exact) mass is 249 g/mol. The van der Waals surface area contributed by atoms with Gasteiger partial charge in [-0.2, -0.15) is 16.3 Å². The van der Waals surface area contributed by atoms with Gasteiger partial charge in [0.15, 0.2) is 5.82 Å². The lowest BCUT2D eigenvalue weighted by Crippen LogP contribution is -2.26. The highest BCUT2D eigenvalue weighted by atomic mass is 32.1. The molecule has 3 N–H and O–H groups in total. The van der Waals surface area contributed by atoms with Crippen LogP contribution in [0, 0.1) is 6.92 Å². The molecular formula is C11H15N5S. The van der Waals surface area contributed by atoms with Gasteiger partial charge < -0.3 is 10.6 Å². The zero-order valence-electron chi connectivity index (χ0n) is 9.68.